The highest BCUT2D eigenvalue weighted by atomic mass is 19.3. The number of aliphatic hydroxyl groups excluding tert-OH is 1. The molecule has 1 aliphatic rings. The summed E-state index contributed by atoms with van der Waals surface area (Å²) >= 11 is 0. The van der Waals surface area contributed by atoms with Crippen LogP contribution in [0.3, 0.4) is 0 Å². The summed E-state index contributed by atoms with van der Waals surface area (Å²) in [5, 5.41) is 9.81. The molecular formula is C12H14F2O2. The third kappa shape index (κ3) is 3.17. The summed E-state index contributed by atoms with van der Waals surface area (Å²) in [4.78, 5) is 0. The second-order valence-corrected chi connectivity index (χ2v) is 4.14. The van der Waals surface area contributed by atoms with Gasteiger partial charge in [0.15, 0.2) is 0 Å². The van der Waals surface area contributed by atoms with Gasteiger partial charge in [-0.05, 0) is 30.0 Å². The average molecular weight is 228 g/mol. The van der Waals surface area contributed by atoms with Crippen LogP contribution in [-0.4, -0.2) is 11.7 Å². The summed E-state index contributed by atoms with van der Waals surface area (Å²) in [7, 11) is 0. The first kappa shape index (κ1) is 11.3. The highest BCUT2D eigenvalue weighted by Crippen LogP contribution is 2.37. The number of hydrogen-bond donors (Lipinski definition) is 1. The monoisotopic (exact) mass is 228 g/mol. The Hall–Kier alpha value is -1.16. The molecule has 2 rings (SSSR count). The normalized spacial score (nSPS) is 17.5. The van der Waals surface area contributed by atoms with E-state index < -0.39 is 12.7 Å². The summed E-state index contributed by atoms with van der Waals surface area (Å²) in [6, 6.07) is 6.17. The Labute approximate surface area is 92.9 Å². The van der Waals surface area contributed by atoms with Gasteiger partial charge in [0.1, 0.15) is 5.75 Å². The maximum atomic E-state index is 11.9. The molecule has 0 aromatic heterocycles. The summed E-state index contributed by atoms with van der Waals surface area (Å²) in [5.74, 6) is 0.754. The molecule has 88 valence electrons. The summed E-state index contributed by atoms with van der Waals surface area (Å²) in [6.07, 6.45) is 2.63. The highest BCUT2D eigenvalue weighted by Gasteiger charge is 2.25. The van der Waals surface area contributed by atoms with Gasteiger partial charge in [-0.1, -0.05) is 25.0 Å². The Balaban J connectivity index is 1.94. The molecule has 2 nitrogen and oxygen atoms in total. The van der Waals surface area contributed by atoms with Crippen LogP contribution in [0, 0.1) is 5.92 Å². The van der Waals surface area contributed by atoms with Gasteiger partial charge in [-0.2, -0.15) is 8.78 Å². The molecule has 0 heterocycles. The number of benzene rings is 1. The van der Waals surface area contributed by atoms with Crippen LogP contribution < -0.4 is 4.74 Å². The standard InChI is InChI=1S/C12H14F2O2/c13-12(14)16-10-5-3-9(4-6-10)11(15)7-8-1-2-8/h3-6,8,11-12,15H,1-2,7H2. The van der Waals surface area contributed by atoms with Crippen LogP contribution >= 0.6 is 0 Å². The van der Waals surface area contributed by atoms with Gasteiger partial charge in [0, 0.05) is 0 Å². The Morgan fingerprint density at radius 1 is 1.25 bits per heavy atom. The smallest absolute Gasteiger partial charge is 0.387 e. The van der Waals surface area contributed by atoms with E-state index in [2.05, 4.69) is 4.74 Å². The molecule has 1 unspecified atom stereocenters. The van der Waals surface area contributed by atoms with Crippen molar-refractivity contribution in [3.8, 4) is 5.75 Å². The molecule has 1 N–H and O–H groups in total. The molecule has 16 heavy (non-hydrogen) atoms. The molecular weight excluding hydrogens is 214 g/mol. The van der Waals surface area contributed by atoms with Crippen LogP contribution in [0.15, 0.2) is 24.3 Å². The Morgan fingerprint density at radius 3 is 2.38 bits per heavy atom. The Morgan fingerprint density at radius 2 is 1.88 bits per heavy atom. The Kier molecular flexibility index (Phi) is 3.39. The number of alkyl halides is 2. The average Bonchev–Trinajstić information content (AvgIpc) is 3.01. The van der Waals surface area contributed by atoms with Crippen LogP contribution in [0.5, 0.6) is 5.75 Å². The molecule has 4 heteroatoms. The number of hydrogen-bond acceptors (Lipinski definition) is 2. The molecule has 0 bridgehead atoms. The first-order valence-electron chi connectivity index (χ1n) is 5.38. The second kappa shape index (κ2) is 4.78. The van der Waals surface area contributed by atoms with Crippen LogP contribution in [0.1, 0.15) is 30.9 Å². The predicted molar refractivity (Wildman–Crippen MR) is 55.4 cm³/mol. The van der Waals surface area contributed by atoms with Gasteiger partial charge in [-0.25, -0.2) is 0 Å². The minimum absolute atomic E-state index is 0.123. The van der Waals surface area contributed by atoms with E-state index in [1.165, 1.54) is 25.0 Å². The number of aliphatic hydroxyl groups is 1. The van der Waals surface area contributed by atoms with Crippen molar-refractivity contribution in [3.05, 3.63) is 29.8 Å². The van der Waals surface area contributed by atoms with E-state index in [1.54, 1.807) is 12.1 Å². The van der Waals surface area contributed by atoms with Crippen LogP contribution in [-0.2, 0) is 0 Å². The van der Waals surface area contributed by atoms with Gasteiger partial charge >= 0.3 is 6.61 Å². The second-order valence-electron chi connectivity index (χ2n) is 4.14. The molecule has 1 fully saturated rings. The molecule has 0 radical (unpaired) electrons. The molecule has 1 atom stereocenters. The molecule has 0 amide bonds. The van der Waals surface area contributed by atoms with E-state index in [0.717, 1.165) is 12.0 Å². The zero-order valence-corrected chi connectivity index (χ0v) is 8.77. The van der Waals surface area contributed by atoms with Crippen molar-refractivity contribution in [2.45, 2.75) is 32.0 Å². The van der Waals surface area contributed by atoms with Crippen molar-refractivity contribution < 1.29 is 18.6 Å². The molecule has 0 aliphatic heterocycles. The van der Waals surface area contributed by atoms with E-state index in [0.29, 0.717) is 5.92 Å². The van der Waals surface area contributed by atoms with Crippen molar-refractivity contribution >= 4 is 0 Å². The van der Waals surface area contributed by atoms with Crippen molar-refractivity contribution in [1.29, 1.82) is 0 Å². The van der Waals surface area contributed by atoms with E-state index in [-0.39, 0.29) is 5.75 Å². The molecule has 1 aromatic carbocycles. The lowest BCUT2D eigenvalue weighted by Gasteiger charge is -2.11. The lowest BCUT2D eigenvalue weighted by molar-refractivity contribution is -0.0498. The van der Waals surface area contributed by atoms with Gasteiger partial charge in [0.25, 0.3) is 0 Å². The van der Waals surface area contributed by atoms with Crippen molar-refractivity contribution in [3.63, 3.8) is 0 Å². The van der Waals surface area contributed by atoms with E-state index >= 15 is 0 Å². The fourth-order valence-electron chi connectivity index (χ4n) is 1.68. The maximum absolute atomic E-state index is 11.9. The molecule has 1 saturated carbocycles. The molecule has 0 spiro atoms. The number of halogens is 2. The largest absolute Gasteiger partial charge is 0.435 e. The van der Waals surface area contributed by atoms with Gasteiger partial charge < -0.3 is 9.84 Å². The summed E-state index contributed by atoms with van der Waals surface area (Å²) in [6.45, 7) is -2.80. The van der Waals surface area contributed by atoms with E-state index in [4.69, 9.17) is 0 Å². The quantitative estimate of drug-likeness (QED) is 0.839. The van der Waals surface area contributed by atoms with Crippen LogP contribution in [0.25, 0.3) is 0 Å². The van der Waals surface area contributed by atoms with E-state index in [9.17, 15) is 13.9 Å². The first-order valence-corrected chi connectivity index (χ1v) is 5.38. The van der Waals surface area contributed by atoms with Gasteiger partial charge in [-0.15, -0.1) is 0 Å². The van der Waals surface area contributed by atoms with Crippen LogP contribution in [0.4, 0.5) is 8.78 Å². The predicted octanol–water partition coefficient (Wildman–Crippen LogP) is 3.12. The lowest BCUT2D eigenvalue weighted by atomic mass is 10.0. The van der Waals surface area contributed by atoms with E-state index in [1.807, 2.05) is 0 Å². The minimum atomic E-state index is -2.80. The number of ether oxygens (including phenoxy) is 1. The summed E-state index contributed by atoms with van der Waals surface area (Å²) in [5.41, 5.74) is 0.758. The first-order chi connectivity index (χ1) is 7.65. The third-order valence-electron chi connectivity index (χ3n) is 2.74. The van der Waals surface area contributed by atoms with Crippen molar-refractivity contribution in [2.24, 2.45) is 5.92 Å². The topological polar surface area (TPSA) is 29.5 Å². The fraction of sp³-hybridized carbons (Fsp3) is 0.500. The number of rotatable bonds is 5. The molecule has 1 aliphatic carbocycles. The van der Waals surface area contributed by atoms with Crippen LogP contribution in [0.2, 0.25) is 0 Å². The zero-order chi connectivity index (χ0) is 11.5. The Bertz CT molecular complexity index is 333. The SMILES string of the molecule is OC(CC1CC1)c1ccc(OC(F)F)cc1. The zero-order valence-electron chi connectivity index (χ0n) is 8.77. The lowest BCUT2D eigenvalue weighted by Crippen LogP contribution is -2.02. The van der Waals surface area contributed by atoms with Gasteiger partial charge in [-0.3, -0.25) is 0 Å². The highest BCUT2D eigenvalue weighted by molar-refractivity contribution is 5.28. The minimum Gasteiger partial charge on any atom is -0.435 e. The van der Waals surface area contributed by atoms with Gasteiger partial charge in [0.2, 0.25) is 0 Å². The molecule has 1 aromatic rings. The van der Waals surface area contributed by atoms with Crippen molar-refractivity contribution in [2.75, 3.05) is 0 Å². The molecule has 0 saturated heterocycles. The summed E-state index contributed by atoms with van der Waals surface area (Å²) < 4.78 is 28.0. The van der Waals surface area contributed by atoms with Gasteiger partial charge in [0.05, 0.1) is 6.10 Å². The fourth-order valence-corrected chi connectivity index (χ4v) is 1.68. The third-order valence-corrected chi connectivity index (χ3v) is 2.74. The maximum Gasteiger partial charge on any atom is 0.387 e. The van der Waals surface area contributed by atoms with Crippen molar-refractivity contribution in [1.82, 2.24) is 0 Å².